The minimum Gasteiger partial charge on any atom is -0.490 e. The largest absolute Gasteiger partial charge is 0.490 e. The summed E-state index contributed by atoms with van der Waals surface area (Å²) in [5, 5.41) is 8.33. The van der Waals surface area contributed by atoms with Gasteiger partial charge in [-0.05, 0) is 38.5 Å². The van der Waals surface area contributed by atoms with Crippen LogP contribution in [0.15, 0.2) is 30.6 Å². The van der Waals surface area contributed by atoms with Crippen molar-refractivity contribution in [1.82, 2.24) is 19.9 Å². The molecular weight excluding hydrogens is 308 g/mol. The van der Waals surface area contributed by atoms with Crippen molar-refractivity contribution in [3.8, 4) is 11.5 Å². The lowest BCUT2D eigenvalue weighted by Gasteiger charge is -2.18. The first-order valence-electron chi connectivity index (χ1n) is 8.27. The number of carbonyl (C=O) groups is 1. The number of ether oxygens (including phenoxy) is 2. The Labute approximate surface area is 141 Å². The molecule has 2 heterocycles. The highest BCUT2D eigenvalue weighted by Gasteiger charge is 2.29. The zero-order valence-corrected chi connectivity index (χ0v) is 14.0. The number of hydrogen-bond donors (Lipinski definition) is 0. The summed E-state index contributed by atoms with van der Waals surface area (Å²) >= 11 is 0. The molecule has 1 fully saturated rings. The van der Waals surface area contributed by atoms with Crippen LogP contribution in [-0.4, -0.2) is 52.1 Å². The van der Waals surface area contributed by atoms with E-state index in [-0.39, 0.29) is 11.9 Å². The quantitative estimate of drug-likeness (QED) is 0.812. The fraction of sp³-hybridized carbons (Fsp3) is 0.471. The molecule has 1 aromatic heterocycles. The van der Waals surface area contributed by atoms with Crippen molar-refractivity contribution in [3.63, 3.8) is 0 Å². The van der Waals surface area contributed by atoms with Gasteiger partial charge in [0, 0.05) is 18.7 Å². The number of nitrogens with zero attached hydrogens (tertiary/aromatic N) is 4. The maximum Gasteiger partial charge on any atom is 0.254 e. The van der Waals surface area contributed by atoms with Crippen LogP contribution in [0.5, 0.6) is 11.5 Å². The predicted octanol–water partition coefficient (Wildman–Crippen LogP) is 2.16. The molecule has 1 unspecified atom stereocenters. The van der Waals surface area contributed by atoms with Crippen molar-refractivity contribution < 1.29 is 14.3 Å². The van der Waals surface area contributed by atoms with Crippen LogP contribution >= 0.6 is 0 Å². The van der Waals surface area contributed by atoms with Crippen LogP contribution in [0.1, 0.15) is 36.7 Å². The van der Waals surface area contributed by atoms with Crippen LogP contribution < -0.4 is 9.47 Å². The van der Waals surface area contributed by atoms with Crippen LogP contribution in [0, 0.1) is 0 Å². The molecule has 0 bridgehead atoms. The monoisotopic (exact) mass is 330 g/mol. The highest BCUT2D eigenvalue weighted by molar-refractivity contribution is 5.95. The van der Waals surface area contributed by atoms with E-state index in [1.54, 1.807) is 35.4 Å². The topological polar surface area (TPSA) is 69.5 Å². The van der Waals surface area contributed by atoms with Crippen LogP contribution in [-0.2, 0) is 0 Å². The number of benzene rings is 1. The van der Waals surface area contributed by atoms with Gasteiger partial charge in [-0.2, -0.15) is 15.0 Å². The minimum absolute atomic E-state index is 0.00587. The molecule has 1 saturated heterocycles. The van der Waals surface area contributed by atoms with Gasteiger partial charge in [-0.15, -0.1) is 0 Å². The molecule has 0 spiro atoms. The van der Waals surface area contributed by atoms with Crippen molar-refractivity contribution in [2.24, 2.45) is 0 Å². The van der Waals surface area contributed by atoms with Crippen molar-refractivity contribution in [2.75, 3.05) is 26.3 Å². The van der Waals surface area contributed by atoms with E-state index < -0.39 is 0 Å². The van der Waals surface area contributed by atoms with E-state index in [4.69, 9.17) is 9.47 Å². The molecule has 1 aliphatic heterocycles. The molecule has 1 amide bonds. The van der Waals surface area contributed by atoms with Crippen LogP contribution in [0.25, 0.3) is 0 Å². The van der Waals surface area contributed by atoms with Crippen molar-refractivity contribution in [3.05, 3.63) is 36.2 Å². The fourth-order valence-corrected chi connectivity index (χ4v) is 2.90. The SMILES string of the molecule is CCOc1ccc(C(=O)N2CCC(n3nccn3)C2)cc1OCC. The number of aromatic nitrogens is 3. The minimum atomic E-state index is -0.00587. The second-order valence-corrected chi connectivity index (χ2v) is 5.57. The molecule has 0 saturated carbocycles. The third-order valence-electron chi connectivity index (χ3n) is 4.00. The average molecular weight is 330 g/mol. The molecule has 128 valence electrons. The van der Waals surface area contributed by atoms with Crippen LogP contribution in [0.4, 0.5) is 0 Å². The zero-order chi connectivity index (χ0) is 16.9. The maximum atomic E-state index is 12.8. The summed E-state index contributed by atoms with van der Waals surface area (Å²) in [5.41, 5.74) is 0.607. The Balaban J connectivity index is 1.74. The molecule has 0 radical (unpaired) electrons. The fourth-order valence-electron chi connectivity index (χ4n) is 2.90. The van der Waals surface area contributed by atoms with Crippen LogP contribution in [0.3, 0.4) is 0 Å². The summed E-state index contributed by atoms with van der Waals surface area (Å²) in [5.74, 6) is 1.26. The molecule has 0 aliphatic carbocycles. The normalized spacial score (nSPS) is 17.1. The Morgan fingerprint density at radius 1 is 1.17 bits per heavy atom. The Morgan fingerprint density at radius 3 is 2.58 bits per heavy atom. The Hall–Kier alpha value is -2.57. The van der Waals surface area contributed by atoms with Gasteiger partial charge in [-0.3, -0.25) is 4.79 Å². The van der Waals surface area contributed by atoms with Gasteiger partial charge < -0.3 is 14.4 Å². The average Bonchev–Trinajstić information content (AvgIpc) is 3.27. The number of amides is 1. The molecule has 1 aromatic carbocycles. The third-order valence-corrected chi connectivity index (χ3v) is 4.00. The first-order chi connectivity index (χ1) is 11.7. The lowest BCUT2D eigenvalue weighted by molar-refractivity contribution is 0.0785. The van der Waals surface area contributed by atoms with Crippen molar-refractivity contribution >= 4 is 5.91 Å². The summed E-state index contributed by atoms with van der Waals surface area (Å²) in [6, 6.07) is 5.48. The van der Waals surface area contributed by atoms with Gasteiger partial charge >= 0.3 is 0 Å². The van der Waals surface area contributed by atoms with Gasteiger partial charge in [0.05, 0.1) is 31.6 Å². The summed E-state index contributed by atoms with van der Waals surface area (Å²) in [4.78, 5) is 16.3. The van der Waals surface area contributed by atoms with Gasteiger partial charge in [0.15, 0.2) is 11.5 Å². The summed E-state index contributed by atoms with van der Waals surface area (Å²) < 4.78 is 11.1. The third kappa shape index (κ3) is 3.34. The number of likely N-dealkylation sites (tertiary alicyclic amines) is 1. The van der Waals surface area contributed by atoms with Crippen LogP contribution in [0.2, 0.25) is 0 Å². The molecule has 2 aromatic rings. The summed E-state index contributed by atoms with van der Waals surface area (Å²) in [6.07, 6.45) is 4.17. The Kier molecular flexibility index (Phi) is 4.98. The molecule has 7 heteroatoms. The van der Waals surface area contributed by atoms with Gasteiger partial charge in [0.25, 0.3) is 5.91 Å². The highest BCUT2D eigenvalue weighted by atomic mass is 16.5. The van der Waals surface area contributed by atoms with E-state index in [9.17, 15) is 4.79 Å². The number of hydrogen-bond acceptors (Lipinski definition) is 5. The second-order valence-electron chi connectivity index (χ2n) is 5.57. The van der Waals surface area contributed by atoms with E-state index in [1.165, 1.54) is 0 Å². The second kappa shape index (κ2) is 7.33. The molecule has 0 N–H and O–H groups in total. The maximum absolute atomic E-state index is 12.8. The molecule has 7 nitrogen and oxygen atoms in total. The molecule has 3 rings (SSSR count). The van der Waals surface area contributed by atoms with Crippen molar-refractivity contribution in [2.45, 2.75) is 26.3 Å². The molecular formula is C17H22N4O3. The van der Waals surface area contributed by atoms with Gasteiger partial charge in [0.1, 0.15) is 0 Å². The number of carbonyl (C=O) groups excluding carboxylic acids is 1. The lowest BCUT2D eigenvalue weighted by atomic mass is 10.1. The summed E-state index contributed by atoms with van der Waals surface area (Å²) in [7, 11) is 0. The van der Waals surface area contributed by atoms with Gasteiger partial charge in [-0.25, -0.2) is 0 Å². The van der Waals surface area contributed by atoms with E-state index in [2.05, 4.69) is 10.2 Å². The van der Waals surface area contributed by atoms with Crippen molar-refractivity contribution in [1.29, 1.82) is 0 Å². The van der Waals surface area contributed by atoms with E-state index in [0.717, 1.165) is 6.42 Å². The summed E-state index contributed by atoms with van der Waals surface area (Å²) in [6.45, 7) is 6.22. The van der Waals surface area contributed by atoms with E-state index in [0.29, 0.717) is 43.4 Å². The standard InChI is InChI=1S/C17H22N4O3/c1-3-23-15-6-5-13(11-16(15)24-4-2)17(22)20-10-7-14(12-20)21-18-8-9-19-21/h5-6,8-9,11,14H,3-4,7,10,12H2,1-2H3. The van der Waals surface area contributed by atoms with E-state index in [1.807, 2.05) is 18.7 Å². The highest BCUT2D eigenvalue weighted by Crippen LogP contribution is 2.30. The Morgan fingerprint density at radius 2 is 1.88 bits per heavy atom. The number of rotatable bonds is 6. The first kappa shape index (κ1) is 16.3. The van der Waals surface area contributed by atoms with Gasteiger partial charge in [-0.1, -0.05) is 0 Å². The van der Waals surface area contributed by atoms with E-state index >= 15 is 0 Å². The first-order valence-corrected chi connectivity index (χ1v) is 8.27. The molecule has 24 heavy (non-hydrogen) atoms. The lowest BCUT2D eigenvalue weighted by Crippen LogP contribution is -2.29. The molecule has 1 aliphatic rings. The molecule has 1 atom stereocenters. The smallest absolute Gasteiger partial charge is 0.254 e. The predicted molar refractivity (Wildman–Crippen MR) is 88.4 cm³/mol. The van der Waals surface area contributed by atoms with Gasteiger partial charge in [0.2, 0.25) is 0 Å². The Bertz CT molecular complexity index is 687. The zero-order valence-electron chi connectivity index (χ0n) is 14.0.